The summed E-state index contributed by atoms with van der Waals surface area (Å²) in [5, 5.41) is 20.8. The van der Waals surface area contributed by atoms with Gasteiger partial charge in [0.05, 0.1) is 17.8 Å². The van der Waals surface area contributed by atoms with E-state index in [1.807, 2.05) is 6.07 Å². The molecule has 0 heterocycles. The summed E-state index contributed by atoms with van der Waals surface area (Å²) in [5.74, 6) is -0.670. The van der Waals surface area contributed by atoms with Crippen LogP contribution in [0.25, 0.3) is 0 Å². The Morgan fingerprint density at radius 1 is 1.12 bits per heavy atom. The van der Waals surface area contributed by atoms with Crippen LogP contribution in [0.5, 0.6) is 5.75 Å². The standard InChI is InChI=1S/C23H19F3N4O3/c24-23(25,26)33-21-13-18(30(12-11-27)20-8-4-7-17(20)14-28)9-10-19(21)29-22(31)32-15-16-5-2-1-3-6-16/h1-3,5-6,9-10,13H,4,7-8,12,15H2,(H,29,31). The first-order valence-electron chi connectivity index (χ1n) is 9.95. The number of alkyl halides is 3. The van der Waals surface area contributed by atoms with Crippen LogP contribution >= 0.6 is 0 Å². The third-order valence-electron chi connectivity index (χ3n) is 4.83. The monoisotopic (exact) mass is 456 g/mol. The Morgan fingerprint density at radius 2 is 1.88 bits per heavy atom. The molecule has 170 valence electrons. The highest BCUT2D eigenvalue weighted by Crippen LogP contribution is 2.38. The molecule has 2 aromatic carbocycles. The van der Waals surface area contributed by atoms with Crippen molar-refractivity contribution < 1.29 is 27.4 Å². The SMILES string of the molecule is N#CCN(C1=C(C#N)CCC1)c1ccc(NC(=O)OCc2ccccc2)c(OC(F)(F)F)c1. The number of allylic oxidation sites excluding steroid dienone is 2. The van der Waals surface area contributed by atoms with Crippen LogP contribution in [-0.2, 0) is 11.3 Å². The molecule has 0 saturated heterocycles. The number of carbonyl (C=O) groups excluding carboxylic acids is 1. The number of anilines is 2. The molecule has 0 bridgehead atoms. The topological polar surface area (TPSA) is 98.4 Å². The lowest BCUT2D eigenvalue weighted by Crippen LogP contribution is -2.24. The molecule has 10 heteroatoms. The predicted octanol–water partition coefficient (Wildman–Crippen LogP) is 5.63. The van der Waals surface area contributed by atoms with Crippen LogP contribution in [0.3, 0.4) is 0 Å². The molecule has 0 aliphatic heterocycles. The van der Waals surface area contributed by atoms with Crippen molar-refractivity contribution in [1.29, 1.82) is 10.5 Å². The van der Waals surface area contributed by atoms with Gasteiger partial charge in [-0.15, -0.1) is 13.2 Å². The van der Waals surface area contributed by atoms with Crippen molar-refractivity contribution in [3.05, 3.63) is 65.4 Å². The third-order valence-corrected chi connectivity index (χ3v) is 4.83. The van der Waals surface area contributed by atoms with E-state index in [1.54, 1.807) is 30.3 Å². The second-order valence-electron chi connectivity index (χ2n) is 7.05. The number of rotatable bonds is 7. The summed E-state index contributed by atoms with van der Waals surface area (Å²) in [6.07, 6.45) is -4.22. The Hall–Kier alpha value is -4.18. The van der Waals surface area contributed by atoms with E-state index < -0.39 is 18.2 Å². The Balaban J connectivity index is 1.86. The Morgan fingerprint density at radius 3 is 2.55 bits per heavy atom. The fourth-order valence-corrected chi connectivity index (χ4v) is 3.42. The highest BCUT2D eigenvalue weighted by molar-refractivity contribution is 5.87. The highest BCUT2D eigenvalue weighted by atomic mass is 19.4. The van der Waals surface area contributed by atoms with E-state index in [2.05, 4.69) is 16.1 Å². The number of ether oxygens (including phenoxy) is 2. The molecule has 1 amide bonds. The summed E-state index contributed by atoms with van der Waals surface area (Å²) in [6.45, 7) is -0.237. The van der Waals surface area contributed by atoms with Gasteiger partial charge in [-0.2, -0.15) is 10.5 Å². The van der Waals surface area contributed by atoms with Crippen molar-refractivity contribution in [2.75, 3.05) is 16.8 Å². The van der Waals surface area contributed by atoms with Gasteiger partial charge in [0.2, 0.25) is 0 Å². The Labute approximate surface area is 188 Å². The van der Waals surface area contributed by atoms with E-state index in [9.17, 15) is 28.5 Å². The van der Waals surface area contributed by atoms with E-state index in [0.717, 1.165) is 6.07 Å². The molecular formula is C23H19F3N4O3. The molecular weight excluding hydrogens is 437 g/mol. The van der Waals surface area contributed by atoms with Crippen molar-refractivity contribution in [1.82, 2.24) is 0 Å². The average Bonchev–Trinajstić information content (AvgIpc) is 3.25. The number of amides is 1. The summed E-state index contributed by atoms with van der Waals surface area (Å²) in [7, 11) is 0. The minimum absolute atomic E-state index is 0.0682. The first kappa shape index (κ1) is 23.5. The zero-order valence-electron chi connectivity index (χ0n) is 17.4. The quantitative estimate of drug-likeness (QED) is 0.543. The summed E-state index contributed by atoms with van der Waals surface area (Å²) in [5.41, 5.74) is 1.74. The summed E-state index contributed by atoms with van der Waals surface area (Å²) < 4.78 is 48.3. The molecule has 33 heavy (non-hydrogen) atoms. The Kier molecular flexibility index (Phi) is 7.42. The van der Waals surface area contributed by atoms with Gasteiger partial charge in [-0.1, -0.05) is 30.3 Å². The summed E-state index contributed by atoms with van der Waals surface area (Å²) in [4.78, 5) is 13.6. The number of carbonyl (C=O) groups is 1. The van der Waals surface area contributed by atoms with Crippen LogP contribution in [0.2, 0.25) is 0 Å². The lowest BCUT2D eigenvalue weighted by atomic mass is 10.2. The van der Waals surface area contributed by atoms with E-state index in [4.69, 9.17) is 4.74 Å². The van der Waals surface area contributed by atoms with E-state index in [-0.39, 0.29) is 24.5 Å². The predicted molar refractivity (Wildman–Crippen MR) is 113 cm³/mol. The molecule has 1 N–H and O–H groups in total. The normalized spacial score (nSPS) is 13.1. The maximum absolute atomic E-state index is 13.0. The van der Waals surface area contributed by atoms with Crippen molar-refractivity contribution in [3.63, 3.8) is 0 Å². The molecule has 3 rings (SSSR count). The maximum atomic E-state index is 13.0. The van der Waals surface area contributed by atoms with Gasteiger partial charge in [0.25, 0.3) is 0 Å². The second-order valence-corrected chi connectivity index (χ2v) is 7.05. The molecule has 0 fully saturated rings. The third kappa shape index (κ3) is 6.40. The first-order chi connectivity index (χ1) is 15.8. The van der Waals surface area contributed by atoms with Gasteiger partial charge in [-0.05, 0) is 37.0 Å². The smallest absolute Gasteiger partial charge is 0.444 e. The lowest BCUT2D eigenvalue weighted by Gasteiger charge is -2.25. The molecule has 0 aromatic heterocycles. The number of hydrogen-bond donors (Lipinski definition) is 1. The van der Waals surface area contributed by atoms with Gasteiger partial charge in [-0.25, -0.2) is 4.79 Å². The van der Waals surface area contributed by atoms with Gasteiger partial charge in [-0.3, -0.25) is 5.32 Å². The Bertz CT molecular complexity index is 1120. The van der Waals surface area contributed by atoms with Crippen LogP contribution in [0.1, 0.15) is 24.8 Å². The van der Waals surface area contributed by atoms with Crippen molar-refractivity contribution in [2.24, 2.45) is 0 Å². The number of halogens is 3. The van der Waals surface area contributed by atoms with E-state index in [1.165, 1.54) is 17.0 Å². The van der Waals surface area contributed by atoms with Crippen LogP contribution < -0.4 is 15.0 Å². The molecule has 0 radical (unpaired) electrons. The van der Waals surface area contributed by atoms with Gasteiger partial charge in [0, 0.05) is 23.0 Å². The zero-order valence-corrected chi connectivity index (χ0v) is 17.4. The van der Waals surface area contributed by atoms with Crippen LogP contribution in [0.15, 0.2) is 59.8 Å². The number of benzene rings is 2. The molecule has 1 aliphatic rings. The van der Waals surface area contributed by atoms with Crippen molar-refractivity contribution in [3.8, 4) is 17.9 Å². The number of nitrogens with zero attached hydrogens (tertiary/aromatic N) is 3. The van der Waals surface area contributed by atoms with Gasteiger partial charge >= 0.3 is 12.5 Å². The minimum atomic E-state index is -5.02. The number of nitriles is 2. The van der Waals surface area contributed by atoms with E-state index in [0.29, 0.717) is 36.1 Å². The molecule has 0 atom stereocenters. The maximum Gasteiger partial charge on any atom is 0.573 e. The van der Waals surface area contributed by atoms with Crippen LogP contribution in [0.4, 0.5) is 29.3 Å². The summed E-state index contributed by atoms with van der Waals surface area (Å²) >= 11 is 0. The second kappa shape index (κ2) is 10.4. The molecule has 2 aromatic rings. The fraction of sp³-hybridized carbons (Fsp3) is 0.261. The van der Waals surface area contributed by atoms with Crippen LogP contribution in [0, 0.1) is 22.7 Å². The molecule has 0 saturated carbocycles. The summed E-state index contributed by atoms with van der Waals surface area (Å²) in [6, 6.07) is 16.6. The molecule has 7 nitrogen and oxygen atoms in total. The minimum Gasteiger partial charge on any atom is -0.444 e. The molecule has 0 unspecified atom stereocenters. The number of hydrogen-bond acceptors (Lipinski definition) is 6. The van der Waals surface area contributed by atoms with Crippen LogP contribution in [-0.4, -0.2) is 19.0 Å². The zero-order chi connectivity index (χ0) is 23.8. The highest BCUT2D eigenvalue weighted by Gasteiger charge is 2.33. The molecule has 1 aliphatic carbocycles. The van der Waals surface area contributed by atoms with Gasteiger partial charge in [0.1, 0.15) is 13.2 Å². The fourth-order valence-electron chi connectivity index (χ4n) is 3.42. The van der Waals surface area contributed by atoms with E-state index >= 15 is 0 Å². The number of nitrogens with one attached hydrogen (secondary N) is 1. The van der Waals surface area contributed by atoms with Gasteiger partial charge < -0.3 is 14.4 Å². The molecule has 0 spiro atoms. The first-order valence-corrected chi connectivity index (χ1v) is 9.95. The van der Waals surface area contributed by atoms with Crippen molar-refractivity contribution >= 4 is 17.5 Å². The van der Waals surface area contributed by atoms with Gasteiger partial charge in [0.15, 0.2) is 5.75 Å². The lowest BCUT2D eigenvalue weighted by molar-refractivity contribution is -0.274. The van der Waals surface area contributed by atoms with Crippen molar-refractivity contribution in [2.45, 2.75) is 32.2 Å². The average molecular weight is 456 g/mol. The largest absolute Gasteiger partial charge is 0.573 e.